The number of nitrogens with two attached hydrogens (primary N) is 1. The molecule has 0 aliphatic carbocycles. The fraction of sp³-hybridized carbons (Fsp3) is 0.333. The van der Waals surface area contributed by atoms with Crippen molar-refractivity contribution in [2.75, 3.05) is 10.7 Å². The lowest BCUT2D eigenvalue weighted by Crippen LogP contribution is -2.13. The standard InChI is InChI=1S/C12H15F3N6/c1-3-8-9(6-21(2)20-8)17-10-4-7(12(13,14)15)5-11(18-10)19-16/h4-6H,3,16H2,1-2H3,(H2,17,18,19). The van der Waals surface area contributed by atoms with Crippen molar-refractivity contribution in [3.05, 3.63) is 29.6 Å². The minimum Gasteiger partial charge on any atom is -0.337 e. The third kappa shape index (κ3) is 3.43. The molecule has 0 unspecified atom stereocenters. The van der Waals surface area contributed by atoms with Gasteiger partial charge in [-0.3, -0.25) is 4.68 Å². The lowest BCUT2D eigenvalue weighted by atomic mass is 10.2. The third-order valence-corrected chi connectivity index (χ3v) is 2.80. The summed E-state index contributed by atoms with van der Waals surface area (Å²) in [7, 11) is 1.73. The zero-order chi connectivity index (χ0) is 15.6. The van der Waals surface area contributed by atoms with Crippen molar-refractivity contribution in [1.82, 2.24) is 14.8 Å². The maximum absolute atomic E-state index is 12.8. The highest BCUT2D eigenvalue weighted by atomic mass is 19.4. The molecule has 2 aromatic rings. The molecule has 2 heterocycles. The number of hydrazine groups is 1. The molecular formula is C12H15F3N6. The van der Waals surface area contributed by atoms with E-state index in [1.54, 1.807) is 17.9 Å². The summed E-state index contributed by atoms with van der Waals surface area (Å²) < 4.78 is 40.1. The van der Waals surface area contributed by atoms with Gasteiger partial charge in [0, 0.05) is 13.2 Å². The number of aromatic nitrogens is 3. The molecule has 0 saturated heterocycles. The Bertz CT molecular complexity index is 634. The Morgan fingerprint density at radius 2 is 1.95 bits per heavy atom. The second kappa shape index (κ2) is 5.60. The molecule has 0 amide bonds. The minimum absolute atomic E-state index is 0.0421. The lowest BCUT2D eigenvalue weighted by Gasteiger charge is -2.12. The second-order valence-electron chi connectivity index (χ2n) is 4.41. The Morgan fingerprint density at radius 1 is 1.29 bits per heavy atom. The number of halogens is 3. The van der Waals surface area contributed by atoms with E-state index in [2.05, 4.69) is 20.8 Å². The van der Waals surface area contributed by atoms with Crippen molar-refractivity contribution in [1.29, 1.82) is 0 Å². The van der Waals surface area contributed by atoms with E-state index < -0.39 is 11.7 Å². The normalized spacial score (nSPS) is 11.5. The number of pyridine rings is 1. The number of hydrogen-bond acceptors (Lipinski definition) is 5. The van der Waals surface area contributed by atoms with Gasteiger partial charge in [-0.1, -0.05) is 6.92 Å². The quantitative estimate of drug-likeness (QED) is 0.597. The number of anilines is 3. The molecule has 0 fully saturated rings. The van der Waals surface area contributed by atoms with Crippen LogP contribution >= 0.6 is 0 Å². The summed E-state index contributed by atoms with van der Waals surface area (Å²) in [6, 6.07) is 1.77. The molecule has 21 heavy (non-hydrogen) atoms. The van der Waals surface area contributed by atoms with Gasteiger partial charge in [0.2, 0.25) is 0 Å². The number of nitrogens with zero attached hydrogens (tertiary/aromatic N) is 3. The van der Waals surface area contributed by atoms with E-state index in [1.165, 1.54) is 0 Å². The number of aryl methyl sites for hydroxylation is 2. The first-order valence-corrected chi connectivity index (χ1v) is 6.19. The summed E-state index contributed by atoms with van der Waals surface area (Å²) in [6.45, 7) is 1.90. The van der Waals surface area contributed by atoms with Gasteiger partial charge in [-0.05, 0) is 18.6 Å². The van der Waals surface area contributed by atoms with E-state index in [9.17, 15) is 13.2 Å². The van der Waals surface area contributed by atoms with E-state index in [0.29, 0.717) is 12.1 Å². The van der Waals surface area contributed by atoms with Gasteiger partial charge < -0.3 is 10.7 Å². The molecule has 9 heteroatoms. The highest BCUT2D eigenvalue weighted by Gasteiger charge is 2.31. The van der Waals surface area contributed by atoms with Gasteiger partial charge >= 0.3 is 6.18 Å². The molecule has 0 saturated carbocycles. The highest BCUT2D eigenvalue weighted by Crippen LogP contribution is 2.32. The summed E-state index contributed by atoms with van der Waals surface area (Å²) in [6.07, 6.45) is -2.16. The van der Waals surface area contributed by atoms with Gasteiger partial charge in [0.1, 0.15) is 11.6 Å². The van der Waals surface area contributed by atoms with Crippen LogP contribution in [0.1, 0.15) is 18.2 Å². The molecule has 0 aliphatic rings. The average molecular weight is 300 g/mol. The van der Waals surface area contributed by atoms with Gasteiger partial charge in [-0.2, -0.15) is 18.3 Å². The second-order valence-corrected chi connectivity index (χ2v) is 4.41. The Morgan fingerprint density at radius 3 is 2.52 bits per heavy atom. The van der Waals surface area contributed by atoms with Crippen LogP contribution in [0.25, 0.3) is 0 Å². The van der Waals surface area contributed by atoms with Crippen molar-refractivity contribution in [2.45, 2.75) is 19.5 Å². The molecule has 6 nitrogen and oxygen atoms in total. The van der Waals surface area contributed by atoms with Gasteiger partial charge in [0.05, 0.1) is 16.9 Å². The Labute approximate surface area is 119 Å². The first-order chi connectivity index (χ1) is 9.83. The number of alkyl halides is 3. The van der Waals surface area contributed by atoms with Crippen LogP contribution in [-0.4, -0.2) is 14.8 Å². The zero-order valence-corrected chi connectivity index (χ0v) is 11.5. The molecule has 0 bridgehead atoms. The van der Waals surface area contributed by atoms with Crippen LogP contribution < -0.4 is 16.6 Å². The maximum Gasteiger partial charge on any atom is 0.416 e. The van der Waals surface area contributed by atoms with Crippen LogP contribution in [0.4, 0.5) is 30.5 Å². The lowest BCUT2D eigenvalue weighted by molar-refractivity contribution is -0.137. The molecule has 0 radical (unpaired) electrons. The molecule has 0 aliphatic heterocycles. The summed E-state index contributed by atoms with van der Waals surface area (Å²) in [5, 5.41) is 7.04. The van der Waals surface area contributed by atoms with Crippen molar-refractivity contribution in [3.8, 4) is 0 Å². The van der Waals surface area contributed by atoms with E-state index in [-0.39, 0.29) is 11.6 Å². The molecule has 114 valence electrons. The zero-order valence-electron chi connectivity index (χ0n) is 11.5. The van der Waals surface area contributed by atoms with Gasteiger partial charge in [-0.15, -0.1) is 0 Å². The first kappa shape index (κ1) is 15.1. The van der Waals surface area contributed by atoms with Crippen molar-refractivity contribution < 1.29 is 13.2 Å². The van der Waals surface area contributed by atoms with E-state index in [4.69, 9.17) is 5.84 Å². The van der Waals surface area contributed by atoms with E-state index in [1.807, 2.05) is 6.92 Å². The van der Waals surface area contributed by atoms with Crippen molar-refractivity contribution >= 4 is 17.3 Å². The Balaban J connectivity index is 2.39. The Kier molecular flexibility index (Phi) is 4.03. The SMILES string of the molecule is CCc1nn(C)cc1Nc1cc(C(F)(F)F)cc(NN)n1. The fourth-order valence-corrected chi connectivity index (χ4v) is 1.87. The molecule has 4 N–H and O–H groups in total. The fourth-order valence-electron chi connectivity index (χ4n) is 1.87. The number of nitrogens with one attached hydrogen (secondary N) is 2. The van der Waals surface area contributed by atoms with Crippen molar-refractivity contribution in [3.63, 3.8) is 0 Å². The van der Waals surface area contributed by atoms with Crippen LogP contribution in [0, 0.1) is 0 Å². The van der Waals surface area contributed by atoms with Crippen LogP contribution in [-0.2, 0) is 19.6 Å². The van der Waals surface area contributed by atoms with Crippen LogP contribution in [0.2, 0.25) is 0 Å². The summed E-state index contributed by atoms with van der Waals surface area (Å²) in [4.78, 5) is 3.96. The topological polar surface area (TPSA) is 80.8 Å². The number of nitrogen functional groups attached to an aromatic ring is 1. The molecule has 2 aromatic heterocycles. The smallest absolute Gasteiger partial charge is 0.337 e. The number of rotatable bonds is 4. The largest absolute Gasteiger partial charge is 0.416 e. The third-order valence-electron chi connectivity index (χ3n) is 2.80. The van der Waals surface area contributed by atoms with Crippen LogP contribution in [0.5, 0.6) is 0 Å². The molecule has 0 atom stereocenters. The predicted octanol–water partition coefficient (Wildman–Crippen LogP) is 2.43. The van der Waals surface area contributed by atoms with E-state index >= 15 is 0 Å². The first-order valence-electron chi connectivity index (χ1n) is 6.19. The minimum atomic E-state index is -4.48. The maximum atomic E-state index is 12.8. The predicted molar refractivity (Wildman–Crippen MR) is 72.9 cm³/mol. The molecule has 0 aromatic carbocycles. The van der Waals surface area contributed by atoms with Gasteiger partial charge in [-0.25, -0.2) is 10.8 Å². The summed E-state index contributed by atoms with van der Waals surface area (Å²) in [5.41, 5.74) is 2.63. The average Bonchev–Trinajstić information content (AvgIpc) is 2.77. The monoisotopic (exact) mass is 300 g/mol. The van der Waals surface area contributed by atoms with Gasteiger partial charge in [0.25, 0.3) is 0 Å². The van der Waals surface area contributed by atoms with Crippen molar-refractivity contribution in [2.24, 2.45) is 12.9 Å². The molecule has 2 rings (SSSR count). The van der Waals surface area contributed by atoms with Crippen LogP contribution in [0.15, 0.2) is 18.3 Å². The number of hydrogen-bond donors (Lipinski definition) is 3. The summed E-state index contributed by atoms with van der Waals surface area (Å²) in [5.74, 6) is 5.13. The molecule has 0 spiro atoms. The highest BCUT2D eigenvalue weighted by molar-refractivity contribution is 5.61. The molecular weight excluding hydrogens is 285 g/mol. The van der Waals surface area contributed by atoms with E-state index in [0.717, 1.165) is 17.8 Å². The summed E-state index contributed by atoms with van der Waals surface area (Å²) >= 11 is 0. The van der Waals surface area contributed by atoms with Crippen LogP contribution in [0.3, 0.4) is 0 Å². The van der Waals surface area contributed by atoms with Gasteiger partial charge in [0.15, 0.2) is 0 Å². The Hall–Kier alpha value is -2.29.